The van der Waals surface area contributed by atoms with E-state index in [1.54, 1.807) is 42.5 Å². The number of esters is 1. The lowest BCUT2D eigenvalue weighted by Crippen LogP contribution is -2.34. The second kappa shape index (κ2) is 15.2. The third kappa shape index (κ3) is 8.05. The zero-order chi connectivity index (χ0) is 33.3. The monoisotopic (exact) mass is 645 g/mol. The fourth-order valence-corrected chi connectivity index (χ4v) is 5.23. The molecule has 0 aliphatic carbocycles. The van der Waals surface area contributed by atoms with Crippen molar-refractivity contribution in [3.8, 4) is 23.0 Å². The molecule has 5 rings (SSSR count). The molecule has 13 heteroatoms. The molecule has 3 aromatic carbocycles. The quantitative estimate of drug-likeness (QED) is 0.187. The number of benzene rings is 3. The molecule has 12 nitrogen and oxygen atoms in total. The predicted molar refractivity (Wildman–Crippen MR) is 173 cm³/mol. The van der Waals surface area contributed by atoms with E-state index in [9.17, 15) is 9.59 Å². The Morgan fingerprint density at radius 1 is 1.00 bits per heavy atom. The van der Waals surface area contributed by atoms with Crippen molar-refractivity contribution in [2.45, 2.75) is 12.8 Å². The van der Waals surface area contributed by atoms with Crippen molar-refractivity contribution < 1.29 is 37.7 Å². The largest absolute Gasteiger partial charge is 0.497 e. The average molecular weight is 646 g/mol. The zero-order valence-corrected chi connectivity index (χ0v) is 26.6. The molecule has 0 saturated carbocycles. The minimum Gasteiger partial charge on any atom is -0.497 e. The Kier molecular flexibility index (Phi) is 10.7. The highest BCUT2D eigenvalue weighted by Gasteiger charge is 2.28. The van der Waals surface area contributed by atoms with E-state index in [0.29, 0.717) is 24.0 Å². The number of aromatic nitrogens is 2. The number of ether oxygens (including phenoxy) is 5. The number of halogens is 1. The number of carbonyl (C=O) groups is 2. The number of rotatable bonds is 11. The maximum Gasteiger partial charge on any atom is 0.425 e. The molecule has 4 aromatic rings. The third-order valence-corrected chi connectivity index (χ3v) is 7.55. The Labute approximate surface area is 272 Å². The molecule has 1 amide bonds. The summed E-state index contributed by atoms with van der Waals surface area (Å²) in [6.07, 6.45) is 2.66. The lowest BCUT2D eigenvalue weighted by molar-refractivity contribution is 0.0598. The SMILES string of the molecule is COC(=O)c1ccccc1OC(=O)N(c1ccnc(Nc2ccc(OCC3CCCN(C)C3)c(F)c2)n1)c1ccc(OC)cc1OC. The van der Waals surface area contributed by atoms with Gasteiger partial charge in [-0.05, 0) is 62.8 Å². The summed E-state index contributed by atoms with van der Waals surface area (Å²) in [4.78, 5) is 38.4. The van der Waals surface area contributed by atoms with Crippen molar-refractivity contribution in [1.82, 2.24) is 14.9 Å². The molecule has 0 radical (unpaired) electrons. The van der Waals surface area contributed by atoms with Crippen molar-refractivity contribution in [3.05, 3.63) is 84.3 Å². The summed E-state index contributed by atoms with van der Waals surface area (Å²) >= 11 is 0. The van der Waals surface area contributed by atoms with Crippen molar-refractivity contribution in [1.29, 1.82) is 0 Å². The highest BCUT2D eigenvalue weighted by molar-refractivity contribution is 6.00. The first kappa shape index (κ1) is 32.9. The second-order valence-electron chi connectivity index (χ2n) is 10.8. The number of piperidine rings is 1. The summed E-state index contributed by atoms with van der Waals surface area (Å²) in [5.74, 6) is 0.177. The molecule has 1 unspecified atom stereocenters. The lowest BCUT2D eigenvalue weighted by Gasteiger charge is -2.29. The van der Waals surface area contributed by atoms with E-state index in [-0.39, 0.29) is 40.3 Å². The van der Waals surface area contributed by atoms with Crippen LogP contribution in [0.1, 0.15) is 23.2 Å². The number of carbonyl (C=O) groups excluding carboxylic acids is 2. The van der Waals surface area contributed by atoms with Crippen molar-refractivity contribution in [3.63, 3.8) is 0 Å². The Morgan fingerprint density at radius 2 is 1.83 bits per heavy atom. The molecule has 47 heavy (non-hydrogen) atoms. The summed E-state index contributed by atoms with van der Waals surface area (Å²) in [5.41, 5.74) is 0.679. The van der Waals surface area contributed by atoms with Crippen LogP contribution in [0.5, 0.6) is 23.0 Å². The average Bonchev–Trinajstić information content (AvgIpc) is 3.08. The first-order valence-electron chi connectivity index (χ1n) is 14.9. The number of anilines is 4. The normalized spacial score (nSPS) is 14.5. The van der Waals surface area contributed by atoms with E-state index in [1.165, 1.54) is 51.8 Å². The third-order valence-electron chi connectivity index (χ3n) is 7.55. The van der Waals surface area contributed by atoms with Gasteiger partial charge in [0.1, 0.15) is 28.6 Å². The van der Waals surface area contributed by atoms with E-state index in [1.807, 2.05) is 0 Å². The molecule has 0 bridgehead atoms. The van der Waals surface area contributed by atoms with Gasteiger partial charge in [-0.25, -0.2) is 23.9 Å². The van der Waals surface area contributed by atoms with Crippen LogP contribution in [0.3, 0.4) is 0 Å². The highest BCUT2D eigenvalue weighted by Crippen LogP contribution is 2.37. The van der Waals surface area contributed by atoms with Gasteiger partial charge < -0.3 is 33.9 Å². The molecule has 1 aliphatic rings. The Morgan fingerprint density at radius 3 is 2.57 bits per heavy atom. The number of likely N-dealkylation sites (tertiary alicyclic amines) is 1. The summed E-state index contributed by atoms with van der Waals surface area (Å²) in [6.45, 7) is 2.41. The predicted octanol–water partition coefficient (Wildman–Crippen LogP) is 6.22. The second-order valence-corrected chi connectivity index (χ2v) is 10.8. The maximum atomic E-state index is 15.0. The van der Waals surface area contributed by atoms with Gasteiger partial charge in [0.25, 0.3) is 0 Å². The van der Waals surface area contributed by atoms with Gasteiger partial charge in [-0.2, -0.15) is 4.98 Å². The number of para-hydroxylation sites is 1. The molecule has 246 valence electrons. The summed E-state index contributed by atoms with van der Waals surface area (Å²) in [7, 11) is 6.25. The van der Waals surface area contributed by atoms with Crippen molar-refractivity contribution >= 4 is 35.2 Å². The van der Waals surface area contributed by atoms with Gasteiger partial charge in [0.05, 0.1) is 33.6 Å². The summed E-state index contributed by atoms with van der Waals surface area (Å²) < 4.78 is 42.3. The fraction of sp³-hybridized carbons (Fsp3) is 0.294. The summed E-state index contributed by atoms with van der Waals surface area (Å²) in [5, 5.41) is 2.98. The molecular formula is C34H36FN5O7. The molecule has 1 saturated heterocycles. The van der Waals surface area contributed by atoms with Crippen LogP contribution in [0.4, 0.5) is 32.3 Å². The fourth-order valence-electron chi connectivity index (χ4n) is 5.23. The minimum atomic E-state index is -0.911. The molecular weight excluding hydrogens is 609 g/mol. The van der Waals surface area contributed by atoms with Gasteiger partial charge in [0.2, 0.25) is 5.95 Å². The number of nitrogens with zero attached hydrogens (tertiary/aromatic N) is 4. The highest BCUT2D eigenvalue weighted by atomic mass is 19.1. The van der Waals surface area contributed by atoms with Crippen LogP contribution in [-0.2, 0) is 4.74 Å². The molecule has 2 heterocycles. The topological polar surface area (TPSA) is 125 Å². The summed E-state index contributed by atoms with van der Waals surface area (Å²) in [6, 6.07) is 17.0. The van der Waals surface area contributed by atoms with E-state index in [2.05, 4.69) is 27.2 Å². The van der Waals surface area contributed by atoms with E-state index < -0.39 is 17.9 Å². The van der Waals surface area contributed by atoms with Gasteiger partial charge in [-0.15, -0.1) is 0 Å². The number of amides is 1. The molecule has 1 atom stereocenters. The van der Waals surface area contributed by atoms with Gasteiger partial charge in [-0.3, -0.25) is 0 Å². The van der Waals surface area contributed by atoms with Gasteiger partial charge in [0, 0.05) is 42.5 Å². The number of hydrogen-bond acceptors (Lipinski definition) is 11. The van der Waals surface area contributed by atoms with Crippen LogP contribution >= 0.6 is 0 Å². The van der Waals surface area contributed by atoms with Gasteiger partial charge in [0.15, 0.2) is 11.6 Å². The first-order chi connectivity index (χ1) is 22.8. The Bertz CT molecular complexity index is 1720. The van der Waals surface area contributed by atoms with Gasteiger partial charge >= 0.3 is 12.1 Å². The lowest BCUT2D eigenvalue weighted by atomic mass is 10.00. The molecule has 1 aromatic heterocycles. The molecule has 1 N–H and O–H groups in total. The van der Waals surface area contributed by atoms with Crippen molar-refractivity contribution in [2.24, 2.45) is 5.92 Å². The van der Waals surface area contributed by atoms with Crippen LogP contribution in [0.15, 0.2) is 72.9 Å². The number of nitrogens with one attached hydrogen (secondary N) is 1. The first-order valence-corrected chi connectivity index (χ1v) is 14.9. The van der Waals surface area contributed by atoms with E-state index in [0.717, 1.165) is 30.8 Å². The van der Waals surface area contributed by atoms with E-state index in [4.69, 9.17) is 23.7 Å². The van der Waals surface area contributed by atoms with Gasteiger partial charge in [-0.1, -0.05) is 12.1 Å². The molecule has 1 fully saturated rings. The van der Waals surface area contributed by atoms with Crippen LogP contribution in [0.25, 0.3) is 0 Å². The van der Waals surface area contributed by atoms with Crippen LogP contribution in [-0.4, -0.2) is 75.0 Å². The van der Waals surface area contributed by atoms with Crippen LogP contribution in [0.2, 0.25) is 0 Å². The number of methoxy groups -OCH3 is 3. The van der Waals surface area contributed by atoms with Crippen LogP contribution < -0.4 is 29.2 Å². The smallest absolute Gasteiger partial charge is 0.425 e. The zero-order valence-electron chi connectivity index (χ0n) is 26.6. The Balaban J connectivity index is 1.41. The molecule has 0 spiro atoms. The Hall–Kier alpha value is -5.43. The van der Waals surface area contributed by atoms with Crippen LogP contribution in [0, 0.1) is 11.7 Å². The minimum absolute atomic E-state index is 0.0254. The van der Waals surface area contributed by atoms with E-state index >= 15 is 4.39 Å². The standard InChI is InChI=1S/C34H36FN5O7/c1-39-17-7-8-22(20-39)21-46-29-14-11-23(18-26(29)35)37-33-36-16-15-31(38-33)40(27-13-12-24(43-2)19-30(27)44-3)34(42)47-28-10-6-5-9-25(28)32(41)45-4/h5-6,9-16,18-19,22H,7-8,17,20-21H2,1-4H3,(H,36,37,38). The number of hydrogen-bond donors (Lipinski definition) is 1. The van der Waals surface area contributed by atoms with Crippen molar-refractivity contribution in [2.75, 3.05) is 58.3 Å². The maximum absolute atomic E-state index is 15.0. The molecule has 1 aliphatic heterocycles.